The summed E-state index contributed by atoms with van der Waals surface area (Å²) in [6.45, 7) is 0. The van der Waals surface area contributed by atoms with Crippen molar-refractivity contribution < 1.29 is 24.1 Å². The summed E-state index contributed by atoms with van der Waals surface area (Å²) >= 11 is 0.829. The van der Waals surface area contributed by atoms with E-state index >= 15 is 0 Å². The van der Waals surface area contributed by atoms with E-state index in [9.17, 15) is 19.1 Å². The fraction of sp³-hybridized carbons (Fsp3) is 0.111. The lowest BCUT2D eigenvalue weighted by Gasteiger charge is -2.08. The van der Waals surface area contributed by atoms with Crippen LogP contribution in [0, 0.1) is 5.82 Å². The molecule has 0 aliphatic carbocycles. The number of carbonyl (C=O) groups is 1. The fourth-order valence-electron chi connectivity index (χ4n) is 2.37. The molecule has 0 unspecified atom stereocenters. The summed E-state index contributed by atoms with van der Waals surface area (Å²) in [5.41, 5.74) is 0.955. The average Bonchev–Trinajstić information content (AvgIpc) is 2.89. The van der Waals surface area contributed by atoms with Crippen molar-refractivity contribution in [2.75, 3.05) is 0 Å². The number of nitrogens with one attached hydrogen (secondary N) is 1. The number of aliphatic carboxylic acids is 1. The van der Waals surface area contributed by atoms with Crippen LogP contribution in [0.5, 0.6) is 17.4 Å². The standard InChI is InChI=1S/C18H14FNO5S/c19-14-9-13(25-12-4-1-10(2-5-12)7-16(21)22)6-3-11(14)8-15-17(23)20-18(24)26-15/h1-6,9,23H,7-8H2,(H,20,24)(H,21,22). The van der Waals surface area contributed by atoms with Crippen LogP contribution in [-0.4, -0.2) is 21.2 Å². The van der Waals surface area contributed by atoms with E-state index in [0.717, 1.165) is 11.3 Å². The van der Waals surface area contributed by atoms with Gasteiger partial charge in [-0.1, -0.05) is 29.5 Å². The molecule has 3 rings (SSSR count). The molecule has 3 aromatic rings. The van der Waals surface area contributed by atoms with Gasteiger partial charge in [-0.15, -0.1) is 0 Å². The highest BCUT2D eigenvalue weighted by molar-refractivity contribution is 7.09. The van der Waals surface area contributed by atoms with Crippen LogP contribution in [0.15, 0.2) is 47.3 Å². The second-order valence-electron chi connectivity index (χ2n) is 5.53. The quantitative estimate of drug-likeness (QED) is 0.614. The van der Waals surface area contributed by atoms with E-state index in [1.54, 1.807) is 30.3 Å². The van der Waals surface area contributed by atoms with Gasteiger partial charge in [0.1, 0.15) is 17.3 Å². The van der Waals surface area contributed by atoms with E-state index in [4.69, 9.17) is 9.84 Å². The highest BCUT2D eigenvalue weighted by atomic mass is 32.1. The molecule has 0 bridgehead atoms. The number of rotatable bonds is 6. The van der Waals surface area contributed by atoms with Crippen LogP contribution in [0.2, 0.25) is 0 Å². The maximum Gasteiger partial charge on any atom is 0.307 e. The third-order valence-corrected chi connectivity index (χ3v) is 4.46. The summed E-state index contributed by atoms with van der Waals surface area (Å²) in [5.74, 6) is -0.960. The summed E-state index contributed by atoms with van der Waals surface area (Å²) in [7, 11) is 0. The van der Waals surface area contributed by atoms with Gasteiger partial charge in [-0.25, -0.2) is 4.39 Å². The number of hydrogen-bond acceptors (Lipinski definition) is 5. The largest absolute Gasteiger partial charge is 0.494 e. The van der Waals surface area contributed by atoms with Gasteiger partial charge in [-0.3, -0.25) is 14.6 Å². The van der Waals surface area contributed by atoms with Crippen molar-refractivity contribution >= 4 is 17.3 Å². The lowest BCUT2D eigenvalue weighted by Crippen LogP contribution is -1.99. The zero-order valence-corrected chi connectivity index (χ0v) is 14.2. The fourth-order valence-corrected chi connectivity index (χ4v) is 3.11. The van der Waals surface area contributed by atoms with E-state index in [1.165, 1.54) is 12.1 Å². The van der Waals surface area contributed by atoms with Crippen LogP contribution < -0.4 is 9.61 Å². The molecule has 0 aliphatic rings. The van der Waals surface area contributed by atoms with Crippen LogP contribution in [0.3, 0.4) is 0 Å². The zero-order chi connectivity index (χ0) is 18.7. The second kappa shape index (κ2) is 7.40. The van der Waals surface area contributed by atoms with Gasteiger partial charge in [-0.05, 0) is 29.3 Å². The first-order chi connectivity index (χ1) is 12.4. The molecule has 2 aromatic carbocycles. The molecule has 8 heteroatoms. The predicted octanol–water partition coefficient (Wildman–Crippen LogP) is 3.29. The molecule has 0 atom stereocenters. The van der Waals surface area contributed by atoms with Crippen LogP contribution in [0.1, 0.15) is 16.0 Å². The lowest BCUT2D eigenvalue weighted by atomic mass is 10.1. The Labute approximate surface area is 151 Å². The van der Waals surface area contributed by atoms with Crippen molar-refractivity contribution in [1.29, 1.82) is 0 Å². The van der Waals surface area contributed by atoms with E-state index in [-0.39, 0.29) is 24.5 Å². The van der Waals surface area contributed by atoms with E-state index < -0.39 is 16.7 Å². The Balaban J connectivity index is 1.72. The lowest BCUT2D eigenvalue weighted by molar-refractivity contribution is -0.136. The SMILES string of the molecule is O=C(O)Cc1ccc(Oc2ccc(Cc3sc(=O)[nH]c3O)c(F)c2)cc1. The second-order valence-corrected chi connectivity index (χ2v) is 6.60. The zero-order valence-electron chi connectivity index (χ0n) is 13.4. The minimum absolute atomic E-state index is 0.0817. The van der Waals surface area contributed by atoms with Gasteiger partial charge in [0.2, 0.25) is 5.88 Å². The Morgan fingerprint density at radius 1 is 1.15 bits per heavy atom. The van der Waals surface area contributed by atoms with Gasteiger partial charge < -0.3 is 14.9 Å². The third-order valence-electron chi connectivity index (χ3n) is 3.59. The smallest absolute Gasteiger partial charge is 0.307 e. The maximum atomic E-state index is 14.3. The number of benzene rings is 2. The molecule has 1 heterocycles. The molecule has 0 amide bonds. The molecule has 0 fully saturated rings. The highest BCUT2D eigenvalue weighted by Crippen LogP contribution is 2.27. The molecule has 0 aliphatic heterocycles. The number of aromatic nitrogens is 1. The van der Waals surface area contributed by atoms with E-state index in [1.807, 2.05) is 0 Å². The van der Waals surface area contributed by atoms with E-state index in [0.29, 0.717) is 21.8 Å². The molecular formula is C18H14FNO5S. The Hall–Kier alpha value is -3.13. The van der Waals surface area contributed by atoms with Crippen molar-refractivity contribution in [3.05, 3.63) is 74.0 Å². The summed E-state index contributed by atoms with van der Waals surface area (Å²) < 4.78 is 19.8. The summed E-state index contributed by atoms with van der Waals surface area (Å²) in [6.07, 6.45) is 0.00686. The van der Waals surface area contributed by atoms with Crippen LogP contribution in [-0.2, 0) is 17.6 Å². The molecule has 26 heavy (non-hydrogen) atoms. The Morgan fingerprint density at radius 2 is 1.85 bits per heavy atom. The molecular weight excluding hydrogens is 361 g/mol. The van der Waals surface area contributed by atoms with Crippen molar-refractivity contribution in [3.63, 3.8) is 0 Å². The highest BCUT2D eigenvalue weighted by Gasteiger charge is 2.12. The predicted molar refractivity (Wildman–Crippen MR) is 93.7 cm³/mol. The maximum absolute atomic E-state index is 14.3. The minimum Gasteiger partial charge on any atom is -0.494 e. The van der Waals surface area contributed by atoms with Crippen molar-refractivity contribution in [2.45, 2.75) is 12.8 Å². The topological polar surface area (TPSA) is 99.6 Å². The molecule has 0 saturated carbocycles. The third kappa shape index (κ3) is 4.28. The number of thiazole rings is 1. The normalized spacial score (nSPS) is 10.7. The van der Waals surface area contributed by atoms with Gasteiger partial charge in [0.25, 0.3) is 0 Å². The Bertz CT molecular complexity index is 994. The Morgan fingerprint density at radius 3 is 2.42 bits per heavy atom. The molecule has 0 radical (unpaired) electrons. The first kappa shape index (κ1) is 17.7. The van der Waals surface area contributed by atoms with Gasteiger partial charge in [0.15, 0.2) is 0 Å². The number of aromatic amines is 1. The van der Waals surface area contributed by atoms with Crippen molar-refractivity contribution in [2.24, 2.45) is 0 Å². The first-order valence-electron chi connectivity index (χ1n) is 7.58. The minimum atomic E-state index is -0.921. The average molecular weight is 375 g/mol. The molecule has 0 saturated heterocycles. The number of H-pyrrole nitrogens is 1. The summed E-state index contributed by atoms with van der Waals surface area (Å²) in [6, 6.07) is 10.8. The number of carboxylic acids is 1. The van der Waals surface area contributed by atoms with E-state index in [2.05, 4.69) is 4.98 Å². The van der Waals surface area contributed by atoms with Gasteiger partial charge in [-0.2, -0.15) is 0 Å². The summed E-state index contributed by atoms with van der Waals surface area (Å²) in [5, 5.41) is 18.3. The monoisotopic (exact) mass is 375 g/mol. The number of carboxylic acid groups (broad SMARTS) is 1. The van der Waals surface area contributed by atoms with Crippen molar-refractivity contribution in [3.8, 4) is 17.4 Å². The summed E-state index contributed by atoms with van der Waals surface area (Å²) in [4.78, 5) is 24.0. The van der Waals surface area contributed by atoms with Crippen LogP contribution >= 0.6 is 11.3 Å². The molecule has 1 aromatic heterocycles. The molecule has 3 N–H and O–H groups in total. The number of ether oxygens (including phenoxy) is 1. The Kier molecular flexibility index (Phi) is 5.04. The number of hydrogen-bond donors (Lipinski definition) is 3. The number of aromatic hydroxyl groups is 1. The van der Waals surface area contributed by atoms with Gasteiger partial charge >= 0.3 is 10.8 Å². The van der Waals surface area contributed by atoms with Gasteiger partial charge in [0, 0.05) is 12.5 Å². The molecule has 0 spiro atoms. The van der Waals surface area contributed by atoms with Crippen molar-refractivity contribution in [1.82, 2.24) is 4.98 Å². The molecule has 134 valence electrons. The number of halogens is 1. The van der Waals surface area contributed by atoms with Gasteiger partial charge in [0.05, 0.1) is 11.3 Å². The first-order valence-corrected chi connectivity index (χ1v) is 8.40. The van der Waals surface area contributed by atoms with Crippen LogP contribution in [0.25, 0.3) is 0 Å². The molecule has 6 nitrogen and oxygen atoms in total. The van der Waals surface area contributed by atoms with Crippen LogP contribution in [0.4, 0.5) is 4.39 Å².